The predicted molar refractivity (Wildman–Crippen MR) is 46.8 cm³/mol. The molecule has 0 aliphatic heterocycles. The summed E-state index contributed by atoms with van der Waals surface area (Å²) in [6.07, 6.45) is 0.648. The van der Waals surface area contributed by atoms with Crippen LogP contribution in [0.1, 0.15) is 19.3 Å². The molecule has 0 heterocycles. The number of halogens is 1. The second-order valence-electron chi connectivity index (χ2n) is 3.24. The molecule has 13 heavy (non-hydrogen) atoms. The van der Waals surface area contributed by atoms with Crippen molar-refractivity contribution in [3.63, 3.8) is 0 Å². The van der Waals surface area contributed by atoms with Crippen LogP contribution >= 0.6 is 12.4 Å². The highest BCUT2D eigenvalue weighted by Crippen LogP contribution is 2.32. The first-order chi connectivity index (χ1) is 5.46. The molecule has 0 unspecified atom stereocenters. The van der Waals surface area contributed by atoms with Gasteiger partial charge < -0.3 is 15.9 Å². The third-order valence-electron chi connectivity index (χ3n) is 2.32. The number of nitrogens with two attached hydrogens (primary N) is 1. The first kappa shape index (κ1) is 12.2. The Kier molecular flexibility index (Phi) is 3.69. The van der Waals surface area contributed by atoms with E-state index in [1.54, 1.807) is 0 Å². The molecule has 2 atom stereocenters. The molecule has 0 bridgehead atoms. The van der Waals surface area contributed by atoms with Crippen molar-refractivity contribution in [3.8, 4) is 0 Å². The van der Waals surface area contributed by atoms with E-state index in [0.717, 1.165) is 0 Å². The van der Waals surface area contributed by atoms with Gasteiger partial charge in [-0.1, -0.05) is 0 Å². The smallest absolute Gasteiger partial charge is 0.323 e. The Bertz CT molecular complexity index is 233. The SMILES string of the molecule is Cl.N[C@@]1(C(=O)O)CC[C@@H](C(=O)O)C1. The Hall–Kier alpha value is -0.810. The second-order valence-corrected chi connectivity index (χ2v) is 3.24. The van der Waals surface area contributed by atoms with Crippen molar-refractivity contribution < 1.29 is 19.8 Å². The molecule has 1 aliphatic rings. The Labute approximate surface area is 81.3 Å². The maximum Gasteiger partial charge on any atom is 0.323 e. The van der Waals surface area contributed by atoms with Gasteiger partial charge in [0.25, 0.3) is 0 Å². The van der Waals surface area contributed by atoms with Crippen LogP contribution in [0.5, 0.6) is 0 Å². The van der Waals surface area contributed by atoms with Gasteiger partial charge >= 0.3 is 11.9 Å². The molecule has 6 heteroatoms. The average molecular weight is 210 g/mol. The van der Waals surface area contributed by atoms with E-state index in [1.807, 2.05) is 0 Å². The summed E-state index contributed by atoms with van der Waals surface area (Å²) in [5, 5.41) is 17.2. The fourth-order valence-electron chi connectivity index (χ4n) is 1.48. The zero-order valence-electron chi connectivity index (χ0n) is 6.90. The third-order valence-corrected chi connectivity index (χ3v) is 2.32. The lowest BCUT2D eigenvalue weighted by Crippen LogP contribution is -2.45. The zero-order chi connectivity index (χ0) is 9.35. The van der Waals surface area contributed by atoms with Crippen LogP contribution < -0.4 is 5.73 Å². The van der Waals surface area contributed by atoms with E-state index in [4.69, 9.17) is 15.9 Å². The highest BCUT2D eigenvalue weighted by molar-refractivity contribution is 5.85. The van der Waals surface area contributed by atoms with Gasteiger partial charge in [0, 0.05) is 0 Å². The van der Waals surface area contributed by atoms with E-state index in [0.29, 0.717) is 6.42 Å². The van der Waals surface area contributed by atoms with Crippen molar-refractivity contribution in [2.45, 2.75) is 24.8 Å². The summed E-state index contributed by atoms with van der Waals surface area (Å²) >= 11 is 0. The maximum atomic E-state index is 10.6. The molecule has 5 nitrogen and oxygen atoms in total. The molecular weight excluding hydrogens is 198 g/mol. The first-order valence-corrected chi connectivity index (χ1v) is 3.71. The number of carbonyl (C=O) groups is 2. The van der Waals surface area contributed by atoms with Crippen molar-refractivity contribution in [2.75, 3.05) is 0 Å². The van der Waals surface area contributed by atoms with Crippen LogP contribution in [0.2, 0.25) is 0 Å². The molecule has 0 radical (unpaired) electrons. The molecule has 0 spiro atoms. The topological polar surface area (TPSA) is 101 Å². The fraction of sp³-hybridized carbons (Fsp3) is 0.714. The van der Waals surface area contributed by atoms with E-state index < -0.39 is 23.4 Å². The van der Waals surface area contributed by atoms with E-state index in [2.05, 4.69) is 0 Å². The van der Waals surface area contributed by atoms with Crippen LogP contribution in [0, 0.1) is 5.92 Å². The van der Waals surface area contributed by atoms with Crippen molar-refractivity contribution in [1.29, 1.82) is 0 Å². The van der Waals surface area contributed by atoms with Gasteiger partial charge in [0.1, 0.15) is 5.54 Å². The summed E-state index contributed by atoms with van der Waals surface area (Å²) < 4.78 is 0. The van der Waals surface area contributed by atoms with Gasteiger partial charge in [0.2, 0.25) is 0 Å². The van der Waals surface area contributed by atoms with Crippen LogP contribution in [0.25, 0.3) is 0 Å². The Balaban J connectivity index is 0.00000144. The van der Waals surface area contributed by atoms with Gasteiger partial charge in [-0.3, -0.25) is 9.59 Å². The standard InChI is InChI=1S/C7H11NO4.ClH/c8-7(6(11)12)2-1-4(3-7)5(9)10;/h4H,1-3,8H2,(H,9,10)(H,11,12);1H/t4-,7+;/m1./s1. The normalized spacial score (nSPS) is 32.2. The van der Waals surface area contributed by atoms with Crippen LogP contribution in [0.15, 0.2) is 0 Å². The lowest BCUT2D eigenvalue weighted by Gasteiger charge is -2.16. The number of hydrogen-bond acceptors (Lipinski definition) is 3. The molecule has 0 saturated heterocycles. The summed E-state index contributed by atoms with van der Waals surface area (Å²) in [7, 11) is 0. The molecule has 0 amide bonds. The van der Waals surface area contributed by atoms with Crippen molar-refractivity contribution in [2.24, 2.45) is 11.7 Å². The van der Waals surface area contributed by atoms with Gasteiger partial charge in [-0.15, -0.1) is 12.4 Å². The largest absolute Gasteiger partial charge is 0.481 e. The van der Waals surface area contributed by atoms with Crippen LogP contribution in [0.4, 0.5) is 0 Å². The van der Waals surface area contributed by atoms with Gasteiger partial charge in [-0.2, -0.15) is 0 Å². The second kappa shape index (κ2) is 3.93. The molecular formula is C7H12ClNO4. The van der Waals surface area contributed by atoms with Crippen molar-refractivity contribution in [3.05, 3.63) is 0 Å². The molecule has 1 fully saturated rings. The molecule has 0 aromatic rings. The summed E-state index contributed by atoms with van der Waals surface area (Å²) in [5.74, 6) is -2.65. The molecule has 76 valence electrons. The number of carboxylic acids is 2. The van der Waals surface area contributed by atoms with Crippen LogP contribution in [-0.2, 0) is 9.59 Å². The lowest BCUT2D eigenvalue weighted by molar-refractivity contribution is -0.144. The maximum absolute atomic E-state index is 10.6. The molecule has 0 aromatic carbocycles. The van der Waals surface area contributed by atoms with Crippen molar-refractivity contribution in [1.82, 2.24) is 0 Å². The Morgan fingerprint density at radius 1 is 1.38 bits per heavy atom. The summed E-state index contributed by atoms with van der Waals surface area (Å²) in [6.45, 7) is 0. The number of carboxylic acid groups (broad SMARTS) is 2. The first-order valence-electron chi connectivity index (χ1n) is 3.71. The van der Waals surface area contributed by atoms with E-state index in [1.165, 1.54) is 0 Å². The quantitative estimate of drug-likeness (QED) is 0.598. The average Bonchev–Trinajstić information content (AvgIpc) is 2.33. The third kappa shape index (κ3) is 2.32. The van der Waals surface area contributed by atoms with E-state index in [-0.39, 0.29) is 25.2 Å². The Morgan fingerprint density at radius 3 is 2.15 bits per heavy atom. The molecule has 1 rings (SSSR count). The number of aliphatic carboxylic acids is 2. The van der Waals surface area contributed by atoms with Gasteiger partial charge in [0.15, 0.2) is 0 Å². The fourth-order valence-corrected chi connectivity index (χ4v) is 1.48. The minimum absolute atomic E-state index is 0. The summed E-state index contributed by atoms with van der Waals surface area (Å²) in [6, 6.07) is 0. The molecule has 1 aliphatic carbocycles. The van der Waals surface area contributed by atoms with Crippen molar-refractivity contribution >= 4 is 24.3 Å². The molecule has 1 saturated carbocycles. The van der Waals surface area contributed by atoms with Gasteiger partial charge in [0.05, 0.1) is 5.92 Å². The van der Waals surface area contributed by atoms with Gasteiger partial charge in [-0.05, 0) is 19.3 Å². The number of rotatable bonds is 2. The van der Waals surface area contributed by atoms with Crippen LogP contribution in [0.3, 0.4) is 0 Å². The molecule has 0 aromatic heterocycles. The summed E-state index contributed by atoms with van der Waals surface area (Å²) in [5.41, 5.74) is 4.15. The van der Waals surface area contributed by atoms with E-state index >= 15 is 0 Å². The predicted octanol–water partition coefficient (Wildman–Crippen LogP) is 0.0750. The summed E-state index contributed by atoms with van der Waals surface area (Å²) in [4.78, 5) is 21.0. The van der Waals surface area contributed by atoms with E-state index in [9.17, 15) is 9.59 Å². The lowest BCUT2D eigenvalue weighted by atomic mass is 9.98. The monoisotopic (exact) mass is 209 g/mol. The Morgan fingerprint density at radius 2 is 1.92 bits per heavy atom. The molecule has 4 N–H and O–H groups in total. The minimum atomic E-state index is -1.32. The zero-order valence-corrected chi connectivity index (χ0v) is 7.71. The highest BCUT2D eigenvalue weighted by atomic mass is 35.5. The highest BCUT2D eigenvalue weighted by Gasteiger charge is 2.44. The van der Waals surface area contributed by atoms with Crippen LogP contribution in [-0.4, -0.2) is 27.7 Å². The number of hydrogen-bond donors (Lipinski definition) is 3. The van der Waals surface area contributed by atoms with Gasteiger partial charge in [-0.25, -0.2) is 0 Å². The minimum Gasteiger partial charge on any atom is -0.481 e.